The summed E-state index contributed by atoms with van der Waals surface area (Å²) >= 11 is 0. The standard InChI is InChI=1S/C23H29N3O3S/c1-2-10-21(18-11-5-3-6-12-18)23(27)25-19-13-9-14-20(17-19)30(28,29)26-22-15-7-4-8-16-24-22/h3,5-6,9,11-14,17,21H,2,4,7-8,10,15-16H2,1H3,(H,24,26)(H,25,27). The summed E-state index contributed by atoms with van der Waals surface area (Å²) in [6.07, 6.45) is 5.17. The Morgan fingerprint density at radius 1 is 1.07 bits per heavy atom. The van der Waals surface area contributed by atoms with E-state index in [4.69, 9.17) is 0 Å². The summed E-state index contributed by atoms with van der Waals surface area (Å²) in [5, 5.41) is 2.89. The average Bonchev–Trinajstić information content (AvgIpc) is 3.01. The minimum atomic E-state index is -3.75. The molecular weight excluding hydrogens is 398 g/mol. The Morgan fingerprint density at radius 2 is 1.87 bits per heavy atom. The zero-order chi connectivity index (χ0) is 21.4. The molecule has 0 bridgehead atoms. The number of nitrogens with one attached hydrogen (secondary N) is 2. The topological polar surface area (TPSA) is 87.6 Å². The first-order valence-corrected chi connectivity index (χ1v) is 12.0. The molecule has 1 atom stereocenters. The highest BCUT2D eigenvalue weighted by Crippen LogP contribution is 2.24. The van der Waals surface area contributed by atoms with Crippen LogP contribution in [-0.4, -0.2) is 26.7 Å². The molecule has 1 unspecified atom stereocenters. The summed E-state index contributed by atoms with van der Waals surface area (Å²) < 4.78 is 28.2. The number of rotatable bonds is 7. The van der Waals surface area contributed by atoms with E-state index in [9.17, 15) is 13.2 Å². The van der Waals surface area contributed by atoms with E-state index in [2.05, 4.69) is 15.0 Å². The third-order valence-electron chi connectivity index (χ3n) is 5.13. The molecule has 0 saturated carbocycles. The van der Waals surface area contributed by atoms with Crippen molar-refractivity contribution in [3.05, 3.63) is 60.2 Å². The summed E-state index contributed by atoms with van der Waals surface area (Å²) in [6, 6.07) is 16.0. The molecule has 1 amide bonds. The normalized spacial score (nSPS) is 15.6. The van der Waals surface area contributed by atoms with Gasteiger partial charge in [0.25, 0.3) is 10.0 Å². The molecule has 0 spiro atoms. The maximum Gasteiger partial charge on any atom is 0.262 e. The van der Waals surface area contributed by atoms with Gasteiger partial charge in [0.15, 0.2) is 0 Å². The summed E-state index contributed by atoms with van der Waals surface area (Å²) in [7, 11) is -3.75. The summed E-state index contributed by atoms with van der Waals surface area (Å²) in [6.45, 7) is 2.69. The Bertz CT molecular complexity index is 988. The number of amidine groups is 1. The van der Waals surface area contributed by atoms with Gasteiger partial charge in [0, 0.05) is 18.7 Å². The number of aliphatic imine (C=N–C) groups is 1. The minimum Gasteiger partial charge on any atom is -0.326 e. The Morgan fingerprint density at radius 3 is 2.63 bits per heavy atom. The van der Waals surface area contributed by atoms with Gasteiger partial charge in [0.05, 0.1) is 10.8 Å². The van der Waals surface area contributed by atoms with E-state index in [1.807, 2.05) is 37.3 Å². The number of sulfonamides is 1. The van der Waals surface area contributed by atoms with Gasteiger partial charge in [-0.3, -0.25) is 14.5 Å². The van der Waals surface area contributed by atoms with E-state index >= 15 is 0 Å². The van der Waals surface area contributed by atoms with Crippen LogP contribution in [0.25, 0.3) is 0 Å². The highest BCUT2D eigenvalue weighted by Gasteiger charge is 2.21. The third kappa shape index (κ3) is 5.92. The largest absolute Gasteiger partial charge is 0.326 e. The van der Waals surface area contributed by atoms with Gasteiger partial charge in [-0.2, -0.15) is 0 Å². The predicted octanol–water partition coefficient (Wildman–Crippen LogP) is 4.46. The molecule has 2 aromatic carbocycles. The first-order valence-electron chi connectivity index (χ1n) is 10.5. The lowest BCUT2D eigenvalue weighted by Crippen LogP contribution is -2.30. The van der Waals surface area contributed by atoms with Crippen molar-refractivity contribution in [2.75, 3.05) is 11.9 Å². The lowest BCUT2D eigenvalue weighted by atomic mass is 9.93. The molecule has 1 aliphatic heterocycles. The van der Waals surface area contributed by atoms with Gasteiger partial charge in [-0.05, 0) is 43.0 Å². The molecule has 1 heterocycles. The molecule has 0 fully saturated rings. The predicted molar refractivity (Wildman–Crippen MR) is 120 cm³/mol. The monoisotopic (exact) mass is 427 g/mol. The average molecular weight is 428 g/mol. The van der Waals surface area contributed by atoms with Crippen molar-refractivity contribution in [1.29, 1.82) is 0 Å². The van der Waals surface area contributed by atoms with Gasteiger partial charge >= 0.3 is 0 Å². The molecular formula is C23H29N3O3S. The van der Waals surface area contributed by atoms with Gasteiger partial charge in [-0.25, -0.2) is 8.42 Å². The second-order valence-corrected chi connectivity index (χ2v) is 9.20. The van der Waals surface area contributed by atoms with Crippen LogP contribution in [0.15, 0.2) is 64.5 Å². The number of hydrogen-bond acceptors (Lipinski definition) is 4. The van der Waals surface area contributed by atoms with Crippen molar-refractivity contribution in [2.24, 2.45) is 4.99 Å². The molecule has 160 valence electrons. The van der Waals surface area contributed by atoms with Crippen LogP contribution < -0.4 is 10.0 Å². The van der Waals surface area contributed by atoms with E-state index in [1.165, 1.54) is 12.1 Å². The van der Waals surface area contributed by atoms with Gasteiger partial charge in [-0.1, -0.05) is 56.2 Å². The molecule has 30 heavy (non-hydrogen) atoms. The van der Waals surface area contributed by atoms with Crippen molar-refractivity contribution < 1.29 is 13.2 Å². The van der Waals surface area contributed by atoms with E-state index < -0.39 is 10.0 Å². The molecule has 0 aromatic heterocycles. The van der Waals surface area contributed by atoms with Crippen LogP contribution in [0, 0.1) is 0 Å². The van der Waals surface area contributed by atoms with Gasteiger partial charge < -0.3 is 5.32 Å². The van der Waals surface area contributed by atoms with E-state index in [1.54, 1.807) is 12.1 Å². The Kier molecular flexibility index (Phi) is 7.63. The second kappa shape index (κ2) is 10.4. The van der Waals surface area contributed by atoms with Crippen LogP contribution in [0.3, 0.4) is 0 Å². The van der Waals surface area contributed by atoms with Crippen LogP contribution in [-0.2, 0) is 14.8 Å². The van der Waals surface area contributed by atoms with Crippen molar-refractivity contribution in [2.45, 2.75) is 56.3 Å². The molecule has 2 aromatic rings. The number of anilines is 1. The third-order valence-corrected chi connectivity index (χ3v) is 6.51. The number of benzene rings is 2. The number of hydrogen-bond donors (Lipinski definition) is 2. The summed E-state index contributed by atoms with van der Waals surface area (Å²) in [5.41, 5.74) is 1.41. The van der Waals surface area contributed by atoms with Crippen LogP contribution in [0.1, 0.15) is 56.9 Å². The first kappa shape index (κ1) is 22.0. The Balaban J connectivity index is 1.75. The zero-order valence-corrected chi connectivity index (χ0v) is 18.1. The number of carbonyl (C=O) groups is 1. The molecule has 1 aliphatic rings. The zero-order valence-electron chi connectivity index (χ0n) is 17.3. The molecule has 0 saturated heterocycles. The van der Waals surface area contributed by atoms with Crippen LogP contribution in [0.5, 0.6) is 0 Å². The molecule has 6 nitrogen and oxygen atoms in total. The molecule has 0 aliphatic carbocycles. The Labute approximate surface area is 178 Å². The van der Waals surface area contributed by atoms with Crippen LogP contribution in [0.2, 0.25) is 0 Å². The fraction of sp³-hybridized carbons (Fsp3) is 0.391. The lowest BCUT2D eigenvalue weighted by molar-refractivity contribution is -0.117. The fourth-order valence-electron chi connectivity index (χ4n) is 3.56. The summed E-state index contributed by atoms with van der Waals surface area (Å²) in [5.74, 6) is 0.0858. The number of carbonyl (C=O) groups excluding carboxylic acids is 1. The maximum absolute atomic E-state index is 12.9. The fourth-order valence-corrected chi connectivity index (χ4v) is 4.70. The number of nitrogens with zero attached hydrogens (tertiary/aromatic N) is 1. The van der Waals surface area contributed by atoms with Crippen molar-refractivity contribution >= 4 is 27.5 Å². The smallest absolute Gasteiger partial charge is 0.262 e. The molecule has 0 radical (unpaired) electrons. The van der Waals surface area contributed by atoms with Crippen LogP contribution >= 0.6 is 0 Å². The highest BCUT2D eigenvalue weighted by atomic mass is 32.2. The molecule has 2 N–H and O–H groups in total. The highest BCUT2D eigenvalue weighted by molar-refractivity contribution is 7.90. The van der Waals surface area contributed by atoms with Crippen molar-refractivity contribution in [3.8, 4) is 0 Å². The van der Waals surface area contributed by atoms with Gasteiger partial charge in [-0.15, -0.1) is 0 Å². The van der Waals surface area contributed by atoms with E-state index in [0.717, 1.165) is 37.7 Å². The summed E-state index contributed by atoms with van der Waals surface area (Å²) in [4.78, 5) is 17.4. The van der Waals surface area contributed by atoms with Crippen molar-refractivity contribution in [3.63, 3.8) is 0 Å². The van der Waals surface area contributed by atoms with E-state index in [0.29, 0.717) is 24.5 Å². The quantitative estimate of drug-likeness (QED) is 0.684. The maximum atomic E-state index is 12.9. The van der Waals surface area contributed by atoms with E-state index in [-0.39, 0.29) is 16.7 Å². The minimum absolute atomic E-state index is 0.110. The van der Waals surface area contributed by atoms with Gasteiger partial charge in [0.1, 0.15) is 5.84 Å². The Hall–Kier alpha value is -2.67. The first-order chi connectivity index (χ1) is 14.5. The molecule has 3 rings (SSSR count). The molecule has 7 heteroatoms. The second-order valence-electron chi connectivity index (χ2n) is 7.51. The SMILES string of the molecule is CCCC(C(=O)Nc1cccc(S(=O)(=O)NC2=NCCCCC2)c1)c1ccccc1. The van der Waals surface area contributed by atoms with Crippen molar-refractivity contribution in [1.82, 2.24) is 4.72 Å². The number of amides is 1. The van der Waals surface area contributed by atoms with Gasteiger partial charge in [0.2, 0.25) is 5.91 Å². The lowest BCUT2D eigenvalue weighted by Gasteiger charge is -2.17. The van der Waals surface area contributed by atoms with Crippen LogP contribution in [0.4, 0.5) is 5.69 Å².